The van der Waals surface area contributed by atoms with Gasteiger partial charge in [0.1, 0.15) is 0 Å². The van der Waals surface area contributed by atoms with E-state index < -0.39 is 0 Å². The van der Waals surface area contributed by atoms with E-state index in [1.54, 1.807) is 0 Å². The minimum absolute atomic E-state index is 0.160. The van der Waals surface area contributed by atoms with E-state index in [-0.39, 0.29) is 11.9 Å². The maximum Gasteiger partial charge on any atom is 0.231 e. The van der Waals surface area contributed by atoms with Gasteiger partial charge in [0, 0.05) is 24.0 Å². The number of nitrogens with zero attached hydrogens (tertiary/aromatic N) is 2. The second-order valence-corrected chi connectivity index (χ2v) is 7.29. The first kappa shape index (κ1) is 15.6. The number of aromatic nitrogens is 1. The Bertz CT molecular complexity index is 1020. The molecule has 130 valence electrons. The summed E-state index contributed by atoms with van der Waals surface area (Å²) in [5, 5.41) is 5.31. The van der Waals surface area contributed by atoms with Crippen LogP contribution in [0, 0.1) is 0 Å². The number of hydrogen-bond donors (Lipinski definition) is 1. The highest BCUT2D eigenvalue weighted by molar-refractivity contribution is 7.80. The Kier molecular flexibility index (Phi) is 3.57. The number of hydrogen-bond acceptors (Lipinski definition) is 2. The zero-order chi connectivity index (χ0) is 17.7. The molecule has 5 rings (SSSR count). The summed E-state index contributed by atoms with van der Waals surface area (Å²) >= 11 is 5.73. The van der Waals surface area contributed by atoms with Crippen LogP contribution in [0.3, 0.4) is 0 Å². The van der Waals surface area contributed by atoms with Crippen LogP contribution in [-0.2, 0) is 6.42 Å². The summed E-state index contributed by atoms with van der Waals surface area (Å²) < 4.78 is 1.94. The molecule has 1 unspecified atom stereocenters. The van der Waals surface area contributed by atoms with Crippen LogP contribution < -0.4 is 5.32 Å². The molecule has 2 aliphatic heterocycles. The minimum Gasteiger partial charge on any atom is -0.340 e. The van der Waals surface area contributed by atoms with E-state index in [1.807, 2.05) is 41.0 Å². The van der Waals surface area contributed by atoms with Crippen LogP contribution in [0.4, 0.5) is 5.69 Å². The van der Waals surface area contributed by atoms with E-state index in [0.717, 1.165) is 41.4 Å². The quantitative estimate of drug-likeness (QED) is 0.653. The van der Waals surface area contributed by atoms with Gasteiger partial charge in [0.25, 0.3) is 0 Å². The monoisotopic (exact) mass is 361 g/mol. The molecule has 3 aromatic rings. The van der Waals surface area contributed by atoms with Crippen molar-refractivity contribution in [3.05, 3.63) is 65.9 Å². The molecule has 0 saturated carbocycles. The summed E-state index contributed by atoms with van der Waals surface area (Å²) in [6, 6.07) is 18.4. The number of rotatable bonds is 1. The first-order valence-corrected chi connectivity index (χ1v) is 9.43. The molecular weight excluding hydrogens is 342 g/mol. The average molecular weight is 361 g/mol. The lowest BCUT2D eigenvalue weighted by molar-refractivity contribution is 0.0852. The fraction of sp³-hybridized carbons (Fsp3) is 0.238. The molecule has 0 bridgehead atoms. The summed E-state index contributed by atoms with van der Waals surface area (Å²) in [5.74, 6) is 0.197. The van der Waals surface area contributed by atoms with Gasteiger partial charge in [-0.15, -0.1) is 0 Å². The van der Waals surface area contributed by atoms with Gasteiger partial charge in [0.05, 0.1) is 17.3 Å². The Morgan fingerprint density at radius 2 is 1.81 bits per heavy atom. The molecule has 26 heavy (non-hydrogen) atoms. The normalized spacial score (nSPS) is 18.7. The predicted octanol–water partition coefficient (Wildman–Crippen LogP) is 4.37. The van der Waals surface area contributed by atoms with E-state index in [1.165, 1.54) is 10.9 Å². The van der Waals surface area contributed by atoms with Crippen molar-refractivity contribution < 1.29 is 4.79 Å². The van der Waals surface area contributed by atoms with Crippen molar-refractivity contribution >= 4 is 39.8 Å². The molecule has 0 saturated heterocycles. The molecule has 4 nitrogen and oxygen atoms in total. The Balaban J connectivity index is 1.56. The first-order valence-electron chi connectivity index (χ1n) is 9.02. The van der Waals surface area contributed by atoms with Gasteiger partial charge >= 0.3 is 0 Å². The van der Waals surface area contributed by atoms with Crippen molar-refractivity contribution in [1.29, 1.82) is 0 Å². The van der Waals surface area contributed by atoms with Crippen molar-refractivity contribution in [2.45, 2.75) is 25.3 Å². The van der Waals surface area contributed by atoms with E-state index in [0.29, 0.717) is 6.42 Å². The summed E-state index contributed by atoms with van der Waals surface area (Å²) in [6.45, 7) is 0.874. The van der Waals surface area contributed by atoms with Crippen molar-refractivity contribution in [1.82, 2.24) is 9.47 Å². The lowest BCUT2D eigenvalue weighted by atomic mass is 9.92. The fourth-order valence-corrected chi connectivity index (χ4v) is 4.70. The van der Waals surface area contributed by atoms with Gasteiger partial charge < -0.3 is 10.2 Å². The van der Waals surface area contributed by atoms with Crippen molar-refractivity contribution in [2.24, 2.45) is 0 Å². The Hall–Kier alpha value is -2.66. The molecule has 2 aliphatic rings. The highest BCUT2D eigenvalue weighted by Crippen LogP contribution is 2.42. The highest BCUT2D eigenvalue weighted by atomic mass is 32.1. The van der Waals surface area contributed by atoms with Crippen LogP contribution in [0.2, 0.25) is 0 Å². The van der Waals surface area contributed by atoms with Crippen LogP contribution in [-0.4, -0.2) is 27.0 Å². The van der Waals surface area contributed by atoms with Crippen LogP contribution in [0.25, 0.3) is 10.9 Å². The number of carbonyl (C=O) groups excluding carboxylic acids is 1. The Labute approximate surface area is 157 Å². The van der Waals surface area contributed by atoms with E-state index in [9.17, 15) is 4.79 Å². The summed E-state index contributed by atoms with van der Waals surface area (Å²) in [7, 11) is 0. The number of anilines is 1. The SMILES string of the molecule is O=C1CCC2c3c(c4ccccc4n31)CCN2C(=S)Nc1ccccc1. The summed E-state index contributed by atoms with van der Waals surface area (Å²) in [6.07, 6.45) is 2.28. The van der Waals surface area contributed by atoms with Crippen molar-refractivity contribution in [2.75, 3.05) is 11.9 Å². The van der Waals surface area contributed by atoms with Crippen LogP contribution in [0.1, 0.15) is 34.9 Å². The molecule has 1 N–H and O–H groups in total. The molecule has 1 aromatic heterocycles. The van der Waals surface area contributed by atoms with E-state index in [4.69, 9.17) is 12.2 Å². The fourth-order valence-electron chi connectivity index (χ4n) is 4.37. The number of fused-ring (bicyclic) bond motifs is 3. The maximum absolute atomic E-state index is 12.7. The highest BCUT2D eigenvalue weighted by Gasteiger charge is 2.38. The molecule has 3 heterocycles. The molecule has 1 atom stereocenters. The third-order valence-electron chi connectivity index (χ3n) is 5.48. The van der Waals surface area contributed by atoms with Gasteiger partial charge in [-0.1, -0.05) is 36.4 Å². The van der Waals surface area contributed by atoms with Crippen molar-refractivity contribution in [3.8, 4) is 0 Å². The smallest absolute Gasteiger partial charge is 0.231 e. The molecule has 2 aromatic carbocycles. The third-order valence-corrected chi connectivity index (χ3v) is 5.82. The van der Waals surface area contributed by atoms with Gasteiger partial charge in [-0.05, 0) is 48.8 Å². The molecule has 0 radical (unpaired) electrons. The molecule has 0 fully saturated rings. The predicted molar refractivity (Wildman–Crippen MR) is 108 cm³/mol. The largest absolute Gasteiger partial charge is 0.340 e. The number of para-hydroxylation sites is 2. The third kappa shape index (κ3) is 2.27. The summed E-state index contributed by atoms with van der Waals surface area (Å²) in [4.78, 5) is 14.9. The summed E-state index contributed by atoms with van der Waals surface area (Å²) in [5.41, 5.74) is 4.50. The molecule has 0 aliphatic carbocycles. The average Bonchev–Trinajstić information content (AvgIpc) is 3.02. The molecule has 0 amide bonds. The number of carbonyl (C=O) groups is 1. The van der Waals surface area contributed by atoms with E-state index >= 15 is 0 Å². The van der Waals surface area contributed by atoms with Gasteiger partial charge in [0.2, 0.25) is 5.91 Å². The maximum atomic E-state index is 12.7. The lowest BCUT2D eigenvalue weighted by Gasteiger charge is -2.40. The Morgan fingerprint density at radius 1 is 1.04 bits per heavy atom. The zero-order valence-corrected chi connectivity index (χ0v) is 15.1. The van der Waals surface area contributed by atoms with Crippen LogP contribution >= 0.6 is 12.2 Å². The number of nitrogens with one attached hydrogen (secondary N) is 1. The first-order chi connectivity index (χ1) is 12.7. The lowest BCUT2D eigenvalue weighted by Crippen LogP contribution is -2.45. The van der Waals surface area contributed by atoms with Gasteiger partial charge in [-0.2, -0.15) is 0 Å². The minimum atomic E-state index is 0.160. The topological polar surface area (TPSA) is 37.3 Å². The second-order valence-electron chi connectivity index (χ2n) is 6.90. The number of benzene rings is 2. The Morgan fingerprint density at radius 3 is 2.65 bits per heavy atom. The second kappa shape index (κ2) is 5.95. The number of thiocarbonyl (C=S) groups is 1. The van der Waals surface area contributed by atoms with Crippen LogP contribution in [0.15, 0.2) is 54.6 Å². The molecule has 0 spiro atoms. The van der Waals surface area contributed by atoms with Crippen LogP contribution in [0.5, 0.6) is 0 Å². The zero-order valence-electron chi connectivity index (χ0n) is 14.3. The van der Waals surface area contributed by atoms with E-state index in [2.05, 4.69) is 28.4 Å². The van der Waals surface area contributed by atoms with Crippen molar-refractivity contribution in [3.63, 3.8) is 0 Å². The molecular formula is C21H19N3OS. The van der Waals surface area contributed by atoms with Gasteiger partial charge in [0.15, 0.2) is 5.11 Å². The molecule has 5 heteroatoms. The standard InChI is InChI=1S/C21H19N3OS/c25-19-11-10-18-20-16(15-8-4-5-9-17(15)24(19)20)12-13-23(18)21(26)22-14-6-2-1-3-7-14/h1-9,18H,10-13H2,(H,22,26). The van der Waals surface area contributed by atoms with Gasteiger partial charge in [-0.25, -0.2) is 0 Å². The van der Waals surface area contributed by atoms with Gasteiger partial charge in [-0.3, -0.25) is 9.36 Å².